The molecule has 0 fully saturated rings. The molecule has 0 amide bonds. The number of hydrogen-bond donors (Lipinski definition) is 0. The third kappa shape index (κ3) is 2.06. The summed E-state index contributed by atoms with van der Waals surface area (Å²) in [6.07, 6.45) is 3.58. The summed E-state index contributed by atoms with van der Waals surface area (Å²) in [7, 11) is 3.22. The van der Waals surface area contributed by atoms with E-state index in [0.717, 1.165) is 32.4 Å². The van der Waals surface area contributed by atoms with E-state index in [2.05, 4.69) is 9.97 Å². The molecule has 0 saturated carbocycles. The number of benzene rings is 2. The van der Waals surface area contributed by atoms with Crippen molar-refractivity contribution in [3.05, 3.63) is 47.9 Å². The lowest BCUT2D eigenvalue weighted by Gasteiger charge is -2.12. The second-order valence-electron chi connectivity index (χ2n) is 5.21. The Morgan fingerprint density at radius 1 is 0.870 bits per heavy atom. The number of rotatable bonds is 2. The van der Waals surface area contributed by atoms with Crippen LogP contribution in [0.1, 0.15) is 0 Å². The molecule has 0 atom stereocenters. The second kappa shape index (κ2) is 5.25. The molecule has 0 spiro atoms. The number of halogens is 1. The van der Waals surface area contributed by atoms with E-state index >= 15 is 0 Å². The molecule has 4 rings (SSSR count). The SMILES string of the molecule is COc1cc2c(Cl)nc3c4ccncc4ccc3c2cc1OC. The third-order valence-electron chi connectivity index (χ3n) is 4.04. The molecular formula is C18H13ClN2O2. The Morgan fingerprint density at radius 2 is 1.61 bits per heavy atom. The van der Waals surface area contributed by atoms with Crippen molar-refractivity contribution in [2.24, 2.45) is 0 Å². The van der Waals surface area contributed by atoms with Crippen molar-refractivity contribution < 1.29 is 9.47 Å². The molecule has 0 bridgehead atoms. The summed E-state index contributed by atoms with van der Waals surface area (Å²) in [5.74, 6) is 1.30. The Bertz CT molecular complexity index is 1060. The number of ether oxygens (including phenoxy) is 2. The summed E-state index contributed by atoms with van der Waals surface area (Å²) < 4.78 is 10.8. The van der Waals surface area contributed by atoms with Crippen LogP contribution in [0.4, 0.5) is 0 Å². The fourth-order valence-electron chi connectivity index (χ4n) is 2.92. The fourth-order valence-corrected chi connectivity index (χ4v) is 3.16. The van der Waals surface area contributed by atoms with Crippen molar-refractivity contribution in [2.45, 2.75) is 0 Å². The summed E-state index contributed by atoms with van der Waals surface area (Å²) in [5, 5.41) is 5.34. The predicted molar refractivity (Wildman–Crippen MR) is 92.7 cm³/mol. The Labute approximate surface area is 137 Å². The first kappa shape index (κ1) is 14.0. The molecule has 0 radical (unpaired) electrons. The van der Waals surface area contributed by atoms with Gasteiger partial charge in [-0.1, -0.05) is 23.7 Å². The number of methoxy groups -OCH3 is 2. The lowest BCUT2D eigenvalue weighted by atomic mass is 10.0. The lowest BCUT2D eigenvalue weighted by molar-refractivity contribution is 0.356. The number of hydrogen-bond acceptors (Lipinski definition) is 4. The highest BCUT2D eigenvalue weighted by molar-refractivity contribution is 6.36. The van der Waals surface area contributed by atoms with Crippen molar-refractivity contribution in [2.75, 3.05) is 14.2 Å². The van der Waals surface area contributed by atoms with Gasteiger partial charge in [0.05, 0.1) is 19.7 Å². The number of pyridine rings is 2. The molecule has 5 heteroatoms. The van der Waals surface area contributed by atoms with Crippen molar-refractivity contribution in [3.63, 3.8) is 0 Å². The van der Waals surface area contributed by atoms with Crippen LogP contribution in [0.3, 0.4) is 0 Å². The average molecular weight is 325 g/mol. The molecule has 0 aliphatic heterocycles. The van der Waals surface area contributed by atoms with Gasteiger partial charge in [-0.25, -0.2) is 4.98 Å². The number of fused-ring (bicyclic) bond motifs is 5. The predicted octanol–water partition coefficient (Wildman–Crippen LogP) is 4.61. The zero-order valence-corrected chi connectivity index (χ0v) is 13.4. The van der Waals surface area contributed by atoms with Crippen molar-refractivity contribution in [3.8, 4) is 11.5 Å². The van der Waals surface area contributed by atoms with E-state index in [4.69, 9.17) is 21.1 Å². The topological polar surface area (TPSA) is 44.2 Å². The molecule has 0 saturated heterocycles. The van der Waals surface area contributed by atoms with Gasteiger partial charge in [0, 0.05) is 33.9 Å². The highest BCUT2D eigenvalue weighted by Gasteiger charge is 2.14. The van der Waals surface area contributed by atoms with Gasteiger partial charge in [0.15, 0.2) is 11.5 Å². The zero-order valence-electron chi connectivity index (χ0n) is 12.6. The third-order valence-corrected chi connectivity index (χ3v) is 4.33. The van der Waals surface area contributed by atoms with Crippen molar-refractivity contribution in [1.82, 2.24) is 9.97 Å². The molecule has 0 N–H and O–H groups in total. The minimum absolute atomic E-state index is 0.442. The zero-order chi connectivity index (χ0) is 16.0. The van der Waals surface area contributed by atoms with Crippen LogP contribution in [0, 0.1) is 0 Å². The maximum Gasteiger partial charge on any atom is 0.161 e. The van der Waals surface area contributed by atoms with E-state index in [9.17, 15) is 0 Å². The van der Waals surface area contributed by atoms with Crippen molar-refractivity contribution in [1.29, 1.82) is 0 Å². The largest absolute Gasteiger partial charge is 0.493 e. The molecule has 114 valence electrons. The van der Waals surface area contributed by atoms with Crippen LogP contribution >= 0.6 is 11.6 Å². The van der Waals surface area contributed by atoms with Crippen LogP contribution in [0.5, 0.6) is 11.5 Å². The normalized spacial score (nSPS) is 11.3. The number of aromatic nitrogens is 2. The molecular weight excluding hydrogens is 312 g/mol. The van der Waals surface area contributed by atoms with E-state index in [1.54, 1.807) is 20.4 Å². The Morgan fingerprint density at radius 3 is 2.35 bits per heavy atom. The molecule has 2 aromatic carbocycles. The molecule has 0 unspecified atom stereocenters. The first-order chi connectivity index (χ1) is 11.2. The van der Waals surface area contributed by atoms with Gasteiger partial charge in [0.25, 0.3) is 0 Å². The van der Waals surface area contributed by atoms with E-state index in [1.807, 2.05) is 36.5 Å². The van der Waals surface area contributed by atoms with Gasteiger partial charge in [-0.3, -0.25) is 4.98 Å². The quantitative estimate of drug-likeness (QED) is 0.399. The molecule has 23 heavy (non-hydrogen) atoms. The standard InChI is InChI=1S/C18H13ClN2O2/c1-22-15-7-13-12-4-3-10-9-20-6-5-11(10)17(12)21-18(19)14(13)8-16(15)23-2/h3-9H,1-2H3. The van der Waals surface area contributed by atoms with Gasteiger partial charge in [0.1, 0.15) is 5.15 Å². The van der Waals surface area contributed by atoms with E-state index < -0.39 is 0 Å². The fraction of sp³-hybridized carbons (Fsp3) is 0.111. The molecule has 0 aliphatic rings. The lowest BCUT2D eigenvalue weighted by Crippen LogP contribution is -1.93. The Hall–Kier alpha value is -2.59. The van der Waals surface area contributed by atoms with Gasteiger partial charge in [-0.2, -0.15) is 0 Å². The van der Waals surface area contributed by atoms with Gasteiger partial charge in [-0.15, -0.1) is 0 Å². The molecule has 2 heterocycles. The summed E-state index contributed by atoms with van der Waals surface area (Å²) in [6.45, 7) is 0. The smallest absolute Gasteiger partial charge is 0.161 e. The monoisotopic (exact) mass is 324 g/mol. The van der Waals surface area contributed by atoms with Gasteiger partial charge in [-0.05, 0) is 23.6 Å². The van der Waals surface area contributed by atoms with Crippen LogP contribution < -0.4 is 9.47 Å². The second-order valence-corrected chi connectivity index (χ2v) is 5.57. The van der Waals surface area contributed by atoms with E-state index in [1.165, 1.54) is 0 Å². The first-order valence-electron chi connectivity index (χ1n) is 7.10. The first-order valence-corrected chi connectivity index (χ1v) is 7.48. The van der Waals surface area contributed by atoms with Crippen LogP contribution in [-0.2, 0) is 0 Å². The molecule has 0 aliphatic carbocycles. The van der Waals surface area contributed by atoms with E-state index in [-0.39, 0.29) is 0 Å². The van der Waals surface area contributed by atoms with Gasteiger partial charge in [0.2, 0.25) is 0 Å². The Balaban J connectivity index is 2.22. The summed E-state index contributed by atoms with van der Waals surface area (Å²) in [4.78, 5) is 8.76. The Kier molecular flexibility index (Phi) is 3.20. The maximum absolute atomic E-state index is 6.44. The molecule has 4 nitrogen and oxygen atoms in total. The maximum atomic E-state index is 6.44. The van der Waals surface area contributed by atoms with Crippen LogP contribution in [0.25, 0.3) is 32.4 Å². The highest BCUT2D eigenvalue weighted by Crippen LogP contribution is 2.39. The van der Waals surface area contributed by atoms with Gasteiger partial charge >= 0.3 is 0 Å². The summed E-state index contributed by atoms with van der Waals surface area (Å²) in [6, 6.07) is 9.83. The van der Waals surface area contributed by atoms with Crippen molar-refractivity contribution >= 4 is 44.0 Å². The molecule has 4 aromatic rings. The van der Waals surface area contributed by atoms with Gasteiger partial charge < -0.3 is 9.47 Å². The minimum atomic E-state index is 0.442. The summed E-state index contributed by atoms with van der Waals surface area (Å²) in [5.41, 5.74) is 0.856. The summed E-state index contributed by atoms with van der Waals surface area (Å²) >= 11 is 6.44. The highest BCUT2D eigenvalue weighted by atomic mass is 35.5. The van der Waals surface area contributed by atoms with Crippen LogP contribution in [0.2, 0.25) is 5.15 Å². The minimum Gasteiger partial charge on any atom is -0.493 e. The average Bonchev–Trinajstić information content (AvgIpc) is 2.60. The van der Waals surface area contributed by atoms with E-state index in [0.29, 0.717) is 16.7 Å². The number of nitrogens with zero attached hydrogens (tertiary/aromatic N) is 2. The van der Waals surface area contributed by atoms with Crippen LogP contribution in [0.15, 0.2) is 42.7 Å². The molecule has 2 aromatic heterocycles. The van der Waals surface area contributed by atoms with Crippen LogP contribution in [-0.4, -0.2) is 24.2 Å².